The Labute approximate surface area is 115 Å². The molecule has 0 aliphatic carbocycles. The summed E-state index contributed by atoms with van der Waals surface area (Å²) >= 11 is 0. The minimum Gasteiger partial charge on any atom is -0.325 e. The second kappa shape index (κ2) is 4.35. The van der Waals surface area contributed by atoms with E-state index in [1.54, 1.807) is 12.3 Å². The summed E-state index contributed by atoms with van der Waals surface area (Å²) in [6.45, 7) is 3.82. The number of imidazole rings is 1. The summed E-state index contributed by atoms with van der Waals surface area (Å²) in [5.74, 6) is 0. The van der Waals surface area contributed by atoms with E-state index in [9.17, 15) is 4.79 Å². The zero-order valence-electron chi connectivity index (χ0n) is 11.1. The van der Waals surface area contributed by atoms with Gasteiger partial charge in [0.2, 0.25) is 0 Å². The minimum absolute atomic E-state index is 0.121. The minimum atomic E-state index is -0.352. The predicted molar refractivity (Wildman–Crippen MR) is 75.4 cm³/mol. The van der Waals surface area contributed by atoms with Crippen molar-refractivity contribution >= 4 is 5.65 Å². The molecular formula is C15H12N4O. The number of pyridine rings is 2. The molecule has 0 atom stereocenters. The van der Waals surface area contributed by atoms with Gasteiger partial charge in [-0.3, -0.25) is 4.79 Å². The van der Waals surface area contributed by atoms with Crippen LogP contribution in [0.4, 0.5) is 0 Å². The summed E-state index contributed by atoms with van der Waals surface area (Å²) < 4.78 is 1.98. The first-order valence-corrected chi connectivity index (χ1v) is 6.19. The van der Waals surface area contributed by atoms with Gasteiger partial charge in [-0.05, 0) is 32.0 Å². The van der Waals surface area contributed by atoms with Gasteiger partial charge in [0.05, 0.1) is 0 Å². The van der Waals surface area contributed by atoms with Crippen molar-refractivity contribution in [3.63, 3.8) is 0 Å². The highest BCUT2D eigenvalue weighted by Crippen LogP contribution is 2.26. The number of nitriles is 1. The van der Waals surface area contributed by atoms with Gasteiger partial charge in [-0.25, -0.2) is 4.98 Å². The molecule has 0 aromatic carbocycles. The lowest BCUT2D eigenvalue weighted by Crippen LogP contribution is -2.12. The zero-order chi connectivity index (χ0) is 14.3. The lowest BCUT2D eigenvalue weighted by Gasteiger charge is -2.11. The number of aromatic nitrogens is 3. The summed E-state index contributed by atoms with van der Waals surface area (Å²) in [7, 11) is 0. The van der Waals surface area contributed by atoms with Crippen molar-refractivity contribution in [2.75, 3.05) is 0 Å². The second-order valence-corrected chi connectivity index (χ2v) is 4.65. The Hall–Kier alpha value is -2.87. The molecule has 0 saturated heterocycles. The molecule has 0 unspecified atom stereocenters. The fourth-order valence-corrected chi connectivity index (χ4v) is 2.40. The van der Waals surface area contributed by atoms with E-state index in [0.717, 1.165) is 28.2 Å². The Morgan fingerprint density at radius 1 is 1.30 bits per heavy atom. The molecule has 98 valence electrons. The van der Waals surface area contributed by atoms with Gasteiger partial charge in [-0.15, -0.1) is 0 Å². The largest absolute Gasteiger partial charge is 0.325 e. The van der Waals surface area contributed by atoms with E-state index in [0.29, 0.717) is 0 Å². The Bertz CT molecular complexity index is 912. The summed E-state index contributed by atoms with van der Waals surface area (Å²) in [5.41, 5.74) is 4.23. The number of nitrogens with one attached hydrogen (secondary N) is 1. The lowest BCUT2D eigenvalue weighted by atomic mass is 10.0. The number of H-pyrrole nitrogens is 1. The smallest absolute Gasteiger partial charge is 0.266 e. The first-order chi connectivity index (χ1) is 9.61. The molecule has 3 heterocycles. The summed E-state index contributed by atoms with van der Waals surface area (Å²) in [5, 5.41) is 9.00. The normalized spacial score (nSPS) is 10.7. The van der Waals surface area contributed by atoms with Crippen LogP contribution in [0.2, 0.25) is 0 Å². The van der Waals surface area contributed by atoms with Crippen LogP contribution in [-0.4, -0.2) is 14.4 Å². The zero-order valence-corrected chi connectivity index (χ0v) is 11.1. The van der Waals surface area contributed by atoms with E-state index < -0.39 is 0 Å². The van der Waals surface area contributed by atoms with Crippen LogP contribution in [0, 0.1) is 25.2 Å². The van der Waals surface area contributed by atoms with Crippen LogP contribution in [-0.2, 0) is 0 Å². The van der Waals surface area contributed by atoms with Crippen molar-refractivity contribution in [2.45, 2.75) is 13.8 Å². The molecule has 0 spiro atoms. The number of hydrogen-bond acceptors (Lipinski definition) is 3. The first kappa shape index (κ1) is 12.2. The Balaban J connectivity index is 2.33. The van der Waals surface area contributed by atoms with Gasteiger partial charge in [0.25, 0.3) is 5.56 Å². The topological polar surface area (TPSA) is 73.9 Å². The highest BCUT2D eigenvalue weighted by atomic mass is 16.1. The standard InChI is InChI=1S/C15H12N4O/c1-9-13(7-11(8-16)15(20)18-9)12-3-4-14-17-5-6-19(14)10(12)2/h3-7H,1-2H3,(H,18,20). The van der Waals surface area contributed by atoms with Gasteiger partial charge in [-0.2, -0.15) is 5.26 Å². The van der Waals surface area contributed by atoms with Crippen LogP contribution >= 0.6 is 0 Å². The molecule has 0 amide bonds. The number of rotatable bonds is 1. The van der Waals surface area contributed by atoms with Crippen LogP contribution in [0.15, 0.2) is 35.4 Å². The molecule has 3 aromatic rings. The van der Waals surface area contributed by atoms with Gasteiger partial charge in [0.1, 0.15) is 17.3 Å². The highest BCUT2D eigenvalue weighted by Gasteiger charge is 2.11. The summed E-state index contributed by atoms with van der Waals surface area (Å²) in [6, 6.07) is 7.43. The van der Waals surface area contributed by atoms with Gasteiger partial charge >= 0.3 is 0 Å². The lowest BCUT2D eigenvalue weighted by molar-refractivity contribution is 1.08. The number of aryl methyl sites for hydroxylation is 2. The third-order valence-corrected chi connectivity index (χ3v) is 3.47. The number of hydrogen-bond donors (Lipinski definition) is 1. The van der Waals surface area contributed by atoms with Crippen LogP contribution in [0.1, 0.15) is 17.0 Å². The number of aromatic amines is 1. The van der Waals surface area contributed by atoms with Crippen molar-refractivity contribution in [2.24, 2.45) is 0 Å². The molecule has 3 rings (SSSR count). The average molecular weight is 264 g/mol. The monoisotopic (exact) mass is 264 g/mol. The third-order valence-electron chi connectivity index (χ3n) is 3.47. The molecule has 0 aliphatic rings. The molecule has 0 fully saturated rings. The van der Waals surface area contributed by atoms with Gasteiger partial charge < -0.3 is 9.38 Å². The molecule has 0 aliphatic heterocycles. The molecule has 0 radical (unpaired) electrons. The van der Waals surface area contributed by atoms with Crippen LogP contribution in [0.25, 0.3) is 16.8 Å². The molecule has 5 nitrogen and oxygen atoms in total. The SMILES string of the molecule is Cc1[nH]c(=O)c(C#N)cc1-c1ccc2nccn2c1C. The molecule has 1 N–H and O–H groups in total. The van der Waals surface area contributed by atoms with E-state index in [1.807, 2.05) is 42.6 Å². The second-order valence-electron chi connectivity index (χ2n) is 4.65. The first-order valence-electron chi connectivity index (χ1n) is 6.19. The van der Waals surface area contributed by atoms with Crippen LogP contribution in [0.5, 0.6) is 0 Å². The fourth-order valence-electron chi connectivity index (χ4n) is 2.40. The summed E-state index contributed by atoms with van der Waals surface area (Å²) in [4.78, 5) is 18.6. The Kier molecular flexibility index (Phi) is 2.65. The average Bonchev–Trinajstić information content (AvgIpc) is 2.89. The summed E-state index contributed by atoms with van der Waals surface area (Å²) in [6.07, 6.45) is 3.63. The van der Waals surface area contributed by atoms with Gasteiger partial charge in [0, 0.05) is 34.9 Å². The predicted octanol–water partition coefficient (Wildman–Crippen LogP) is 2.18. The maximum atomic E-state index is 11.6. The molecule has 20 heavy (non-hydrogen) atoms. The maximum Gasteiger partial charge on any atom is 0.266 e. The highest BCUT2D eigenvalue weighted by molar-refractivity contribution is 5.71. The Morgan fingerprint density at radius 3 is 2.85 bits per heavy atom. The molecule has 0 bridgehead atoms. The molecule has 5 heteroatoms. The van der Waals surface area contributed by atoms with Crippen molar-refractivity contribution in [3.05, 3.63) is 57.9 Å². The maximum absolute atomic E-state index is 11.6. The van der Waals surface area contributed by atoms with Crippen molar-refractivity contribution in [3.8, 4) is 17.2 Å². The van der Waals surface area contributed by atoms with E-state index in [1.165, 1.54) is 0 Å². The molecule has 3 aromatic heterocycles. The number of nitrogens with zero attached hydrogens (tertiary/aromatic N) is 3. The van der Waals surface area contributed by atoms with Crippen molar-refractivity contribution < 1.29 is 0 Å². The van der Waals surface area contributed by atoms with Gasteiger partial charge in [0.15, 0.2) is 0 Å². The van der Waals surface area contributed by atoms with Gasteiger partial charge in [-0.1, -0.05) is 0 Å². The quantitative estimate of drug-likeness (QED) is 0.732. The fraction of sp³-hybridized carbons (Fsp3) is 0.133. The van der Waals surface area contributed by atoms with E-state index in [-0.39, 0.29) is 11.1 Å². The van der Waals surface area contributed by atoms with Crippen molar-refractivity contribution in [1.29, 1.82) is 5.26 Å². The Morgan fingerprint density at radius 2 is 2.10 bits per heavy atom. The molecular weight excluding hydrogens is 252 g/mol. The van der Waals surface area contributed by atoms with Crippen molar-refractivity contribution in [1.82, 2.24) is 14.4 Å². The third kappa shape index (κ3) is 1.70. The van der Waals surface area contributed by atoms with Crippen LogP contribution in [0.3, 0.4) is 0 Å². The number of fused-ring (bicyclic) bond motifs is 1. The van der Waals surface area contributed by atoms with E-state index in [4.69, 9.17) is 5.26 Å². The molecule has 0 saturated carbocycles. The van der Waals surface area contributed by atoms with E-state index in [2.05, 4.69) is 9.97 Å². The van der Waals surface area contributed by atoms with Crippen LogP contribution < -0.4 is 5.56 Å². The van der Waals surface area contributed by atoms with E-state index >= 15 is 0 Å².